The number of carbonyl (C=O) groups excluding carboxylic acids is 1. The van der Waals surface area contributed by atoms with E-state index in [2.05, 4.69) is 27.5 Å². The predicted octanol–water partition coefficient (Wildman–Crippen LogP) is 3.57. The summed E-state index contributed by atoms with van der Waals surface area (Å²) in [6.07, 6.45) is 4.87. The van der Waals surface area contributed by atoms with Crippen LogP contribution in [0.3, 0.4) is 0 Å². The van der Waals surface area contributed by atoms with Gasteiger partial charge in [-0.3, -0.25) is 4.79 Å². The first-order valence-corrected chi connectivity index (χ1v) is 8.12. The molecule has 2 N–H and O–H groups in total. The van der Waals surface area contributed by atoms with E-state index in [0.29, 0.717) is 11.5 Å². The zero-order chi connectivity index (χ0) is 16.5. The number of carbonyl (C=O) groups is 1. The second kappa shape index (κ2) is 8.88. The lowest BCUT2D eigenvalue weighted by Crippen LogP contribution is -2.27. The van der Waals surface area contributed by atoms with Gasteiger partial charge in [0.2, 0.25) is 0 Å². The molecule has 1 unspecified atom stereocenters. The number of hydrogen-bond acceptors (Lipinski definition) is 4. The van der Waals surface area contributed by atoms with E-state index in [0.717, 1.165) is 18.5 Å². The Morgan fingerprint density at radius 3 is 2.70 bits per heavy atom. The Morgan fingerprint density at radius 2 is 1.96 bits per heavy atom. The van der Waals surface area contributed by atoms with Crippen LogP contribution in [0.4, 0.5) is 5.82 Å². The van der Waals surface area contributed by atoms with Crippen LogP contribution < -0.4 is 10.6 Å². The number of benzene rings is 1. The van der Waals surface area contributed by atoms with Crippen LogP contribution in [0.25, 0.3) is 0 Å². The molecule has 23 heavy (non-hydrogen) atoms. The lowest BCUT2D eigenvalue weighted by Gasteiger charge is -2.14. The first kappa shape index (κ1) is 16.9. The van der Waals surface area contributed by atoms with Crippen molar-refractivity contribution in [3.63, 3.8) is 0 Å². The van der Waals surface area contributed by atoms with Gasteiger partial charge in [0.25, 0.3) is 5.91 Å². The van der Waals surface area contributed by atoms with Crippen LogP contribution in [-0.4, -0.2) is 22.4 Å². The third-order valence-corrected chi connectivity index (χ3v) is 3.63. The van der Waals surface area contributed by atoms with E-state index in [1.54, 1.807) is 6.07 Å². The van der Waals surface area contributed by atoms with Crippen molar-refractivity contribution < 1.29 is 4.79 Å². The second-order valence-corrected chi connectivity index (χ2v) is 5.53. The molecule has 0 aliphatic rings. The largest absolute Gasteiger partial charge is 0.370 e. The van der Waals surface area contributed by atoms with Gasteiger partial charge in [0.1, 0.15) is 17.8 Å². The molecule has 0 aliphatic carbocycles. The number of unbranched alkanes of at least 4 members (excludes halogenated alkanes) is 2. The molecular formula is C18H24N4O. The molecule has 0 radical (unpaired) electrons. The van der Waals surface area contributed by atoms with E-state index in [-0.39, 0.29) is 11.9 Å². The normalized spacial score (nSPS) is 11.7. The average molecular weight is 312 g/mol. The van der Waals surface area contributed by atoms with Gasteiger partial charge >= 0.3 is 0 Å². The lowest BCUT2D eigenvalue weighted by molar-refractivity contribution is 0.0934. The average Bonchev–Trinajstić information content (AvgIpc) is 2.60. The van der Waals surface area contributed by atoms with Crippen LogP contribution in [0.2, 0.25) is 0 Å². The standard InChI is InChI=1S/C18H24N4O/c1-3-4-8-11-19-17-12-16(20-13-21-17)18(23)22-14(2)15-9-6-5-7-10-15/h5-7,9-10,12-14H,3-4,8,11H2,1-2H3,(H,22,23)(H,19,20,21). The van der Waals surface area contributed by atoms with Crippen molar-refractivity contribution in [2.24, 2.45) is 0 Å². The van der Waals surface area contributed by atoms with Gasteiger partial charge in [0.15, 0.2) is 0 Å². The Labute approximate surface area is 137 Å². The number of nitrogens with one attached hydrogen (secondary N) is 2. The van der Waals surface area contributed by atoms with Crippen LogP contribution in [-0.2, 0) is 0 Å². The molecule has 0 spiro atoms. The van der Waals surface area contributed by atoms with E-state index in [1.807, 2.05) is 37.3 Å². The van der Waals surface area contributed by atoms with Crippen molar-refractivity contribution in [2.45, 2.75) is 39.2 Å². The zero-order valence-corrected chi connectivity index (χ0v) is 13.7. The molecule has 5 heteroatoms. The molecule has 1 amide bonds. The minimum atomic E-state index is -0.194. The number of aromatic nitrogens is 2. The zero-order valence-electron chi connectivity index (χ0n) is 13.7. The second-order valence-electron chi connectivity index (χ2n) is 5.53. The van der Waals surface area contributed by atoms with Gasteiger partial charge in [0.05, 0.1) is 6.04 Å². The molecule has 0 bridgehead atoms. The van der Waals surface area contributed by atoms with Gasteiger partial charge in [-0.2, -0.15) is 0 Å². The van der Waals surface area contributed by atoms with Crippen molar-refractivity contribution in [3.05, 3.63) is 54.0 Å². The van der Waals surface area contributed by atoms with Crippen molar-refractivity contribution in [2.75, 3.05) is 11.9 Å². The Bertz CT molecular complexity index is 615. The van der Waals surface area contributed by atoms with Crippen LogP contribution in [0.5, 0.6) is 0 Å². The SMILES string of the molecule is CCCCCNc1cc(C(=O)NC(C)c2ccccc2)ncn1. The van der Waals surface area contributed by atoms with E-state index >= 15 is 0 Å². The topological polar surface area (TPSA) is 66.9 Å². The summed E-state index contributed by atoms with van der Waals surface area (Å²) in [6, 6.07) is 11.5. The van der Waals surface area contributed by atoms with Crippen molar-refractivity contribution in [3.8, 4) is 0 Å². The van der Waals surface area contributed by atoms with E-state index in [1.165, 1.54) is 19.2 Å². The van der Waals surface area contributed by atoms with Crippen molar-refractivity contribution >= 4 is 11.7 Å². The maximum absolute atomic E-state index is 12.3. The number of nitrogens with zero attached hydrogens (tertiary/aromatic N) is 2. The number of hydrogen-bond donors (Lipinski definition) is 2. The lowest BCUT2D eigenvalue weighted by atomic mass is 10.1. The Hall–Kier alpha value is -2.43. The molecule has 0 fully saturated rings. The summed E-state index contributed by atoms with van der Waals surface area (Å²) < 4.78 is 0. The van der Waals surface area contributed by atoms with Gasteiger partial charge in [0, 0.05) is 12.6 Å². The minimum Gasteiger partial charge on any atom is -0.370 e. The predicted molar refractivity (Wildman–Crippen MR) is 92.4 cm³/mol. The molecule has 0 aliphatic heterocycles. The molecule has 1 heterocycles. The number of amides is 1. The highest BCUT2D eigenvalue weighted by Crippen LogP contribution is 2.12. The summed E-state index contributed by atoms with van der Waals surface area (Å²) in [7, 11) is 0. The Balaban J connectivity index is 1.94. The highest BCUT2D eigenvalue weighted by molar-refractivity contribution is 5.93. The minimum absolute atomic E-state index is 0.0698. The molecule has 122 valence electrons. The highest BCUT2D eigenvalue weighted by Gasteiger charge is 2.13. The summed E-state index contributed by atoms with van der Waals surface area (Å²) in [6.45, 7) is 4.98. The third-order valence-electron chi connectivity index (χ3n) is 3.63. The highest BCUT2D eigenvalue weighted by atomic mass is 16.1. The molecule has 0 saturated carbocycles. The Kier molecular flexibility index (Phi) is 6.54. The molecular weight excluding hydrogens is 288 g/mol. The summed E-state index contributed by atoms with van der Waals surface area (Å²) in [5.41, 5.74) is 1.44. The molecule has 0 saturated heterocycles. The summed E-state index contributed by atoms with van der Waals surface area (Å²) >= 11 is 0. The van der Waals surface area contributed by atoms with Crippen LogP contribution >= 0.6 is 0 Å². The van der Waals surface area contributed by atoms with Crippen LogP contribution in [0.15, 0.2) is 42.7 Å². The molecule has 1 atom stereocenters. The smallest absolute Gasteiger partial charge is 0.270 e. The van der Waals surface area contributed by atoms with Gasteiger partial charge in [-0.15, -0.1) is 0 Å². The van der Waals surface area contributed by atoms with Gasteiger partial charge in [-0.05, 0) is 18.9 Å². The van der Waals surface area contributed by atoms with Gasteiger partial charge in [-0.1, -0.05) is 50.1 Å². The van der Waals surface area contributed by atoms with Crippen LogP contribution in [0, 0.1) is 0 Å². The van der Waals surface area contributed by atoms with E-state index in [9.17, 15) is 4.79 Å². The Morgan fingerprint density at radius 1 is 1.17 bits per heavy atom. The fourth-order valence-electron chi connectivity index (χ4n) is 2.27. The third kappa shape index (κ3) is 5.36. The summed E-state index contributed by atoms with van der Waals surface area (Å²) in [5, 5.41) is 6.19. The number of anilines is 1. The quantitative estimate of drug-likeness (QED) is 0.731. The van der Waals surface area contributed by atoms with Crippen molar-refractivity contribution in [1.29, 1.82) is 0 Å². The van der Waals surface area contributed by atoms with Gasteiger partial charge in [-0.25, -0.2) is 9.97 Å². The monoisotopic (exact) mass is 312 g/mol. The van der Waals surface area contributed by atoms with E-state index < -0.39 is 0 Å². The summed E-state index contributed by atoms with van der Waals surface area (Å²) in [5.74, 6) is 0.494. The number of rotatable bonds is 8. The fourth-order valence-corrected chi connectivity index (χ4v) is 2.27. The maximum atomic E-state index is 12.3. The molecule has 1 aromatic carbocycles. The first-order valence-electron chi connectivity index (χ1n) is 8.12. The molecule has 5 nitrogen and oxygen atoms in total. The van der Waals surface area contributed by atoms with Crippen LogP contribution in [0.1, 0.15) is 55.2 Å². The first-order chi connectivity index (χ1) is 11.2. The molecule has 2 rings (SSSR count). The fraction of sp³-hybridized carbons (Fsp3) is 0.389. The molecule has 1 aromatic heterocycles. The molecule has 2 aromatic rings. The van der Waals surface area contributed by atoms with Crippen molar-refractivity contribution in [1.82, 2.24) is 15.3 Å². The summed E-state index contributed by atoms with van der Waals surface area (Å²) in [4.78, 5) is 20.5. The van der Waals surface area contributed by atoms with E-state index in [4.69, 9.17) is 0 Å². The van der Waals surface area contributed by atoms with Gasteiger partial charge < -0.3 is 10.6 Å². The maximum Gasteiger partial charge on any atom is 0.270 e.